The minimum Gasteiger partial charge on any atom is -0.352 e. The smallest absolute Gasteiger partial charge is 0.318 e. The molecule has 116 valence electrons. The van der Waals surface area contributed by atoms with Crippen LogP contribution in [-0.4, -0.2) is 44.9 Å². The molecule has 0 unspecified atom stereocenters. The van der Waals surface area contributed by atoms with Gasteiger partial charge in [0.1, 0.15) is 6.04 Å². The molecule has 1 atom stereocenters. The average Bonchev–Trinajstić information content (AvgIpc) is 2.82. The number of imidazole rings is 1. The van der Waals surface area contributed by atoms with Crippen molar-refractivity contribution in [1.29, 1.82) is 0 Å². The lowest BCUT2D eigenvalue weighted by Crippen LogP contribution is -2.56. The molecule has 0 aromatic carbocycles. The number of rotatable bonds is 3. The number of aromatic amines is 1. The molecule has 0 radical (unpaired) electrons. The summed E-state index contributed by atoms with van der Waals surface area (Å²) in [5.41, 5.74) is 1.75. The van der Waals surface area contributed by atoms with Gasteiger partial charge in [0.15, 0.2) is 0 Å². The van der Waals surface area contributed by atoms with Crippen molar-refractivity contribution in [1.82, 2.24) is 25.5 Å². The van der Waals surface area contributed by atoms with Gasteiger partial charge in [-0.05, 0) is 27.7 Å². The highest BCUT2D eigenvalue weighted by molar-refractivity contribution is 5.88. The summed E-state index contributed by atoms with van der Waals surface area (Å²) in [5.74, 6) is -0.141. The normalized spacial score (nSPS) is 17.8. The molecular weight excluding hydrogens is 270 g/mol. The molecule has 21 heavy (non-hydrogen) atoms. The highest BCUT2D eigenvalue weighted by Crippen LogP contribution is 2.21. The predicted molar refractivity (Wildman–Crippen MR) is 78.6 cm³/mol. The van der Waals surface area contributed by atoms with E-state index in [4.69, 9.17) is 0 Å². The third kappa shape index (κ3) is 3.53. The molecule has 0 saturated heterocycles. The zero-order chi connectivity index (χ0) is 15.6. The maximum Gasteiger partial charge on any atom is 0.318 e. The number of fused-ring (bicyclic) bond motifs is 1. The standard InChI is InChI=1S/C14H23N5O2/c1-8(2)17-13(20)12-5-10-11(16-7-15-10)6-19(12)14(21)18-9(3)4/h7-9,12H,5-6H2,1-4H3,(H,15,16)(H,17,20)(H,18,21)/t12-/m0/s1. The van der Waals surface area contributed by atoms with Crippen LogP contribution in [-0.2, 0) is 17.8 Å². The van der Waals surface area contributed by atoms with Gasteiger partial charge in [0.05, 0.1) is 24.3 Å². The summed E-state index contributed by atoms with van der Waals surface area (Å²) >= 11 is 0. The van der Waals surface area contributed by atoms with E-state index in [0.29, 0.717) is 13.0 Å². The van der Waals surface area contributed by atoms with E-state index in [0.717, 1.165) is 11.4 Å². The third-order valence-corrected chi connectivity index (χ3v) is 3.31. The van der Waals surface area contributed by atoms with Crippen molar-refractivity contribution in [3.8, 4) is 0 Å². The first-order valence-electron chi connectivity index (χ1n) is 7.27. The molecule has 3 N–H and O–H groups in total. The molecule has 7 nitrogen and oxygen atoms in total. The number of carbonyl (C=O) groups is 2. The summed E-state index contributed by atoms with van der Waals surface area (Å²) in [6, 6.07) is -0.696. The van der Waals surface area contributed by atoms with Gasteiger partial charge in [-0.25, -0.2) is 9.78 Å². The summed E-state index contributed by atoms with van der Waals surface area (Å²) in [6.07, 6.45) is 2.04. The first-order chi connectivity index (χ1) is 9.88. The van der Waals surface area contributed by atoms with Gasteiger partial charge in [-0.3, -0.25) is 4.79 Å². The number of carbonyl (C=O) groups excluding carboxylic acids is 2. The van der Waals surface area contributed by atoms with Crippen LogP contribution in [0.3, 0.4) is 0 Å². The first-order valence-corrected chi connectivity index (χ1v) is 7.27. The number of nitrogens with zero attached hydrogens (tertiary/aromatic N) is 2. The molecular formula is C14H23N5O2. The molecule has 0 bridgehead atoms. The number of amides is 3. The van der Waals surface area contributed by atoms with Crippen LogP contribution in [0.2, 0.25) is 0 Å². The molecule has 7 heteroatoms. The quantitative estimate of drug-likeness (QED) is 0.769. The third-order valence-electron chi connectivity index (χ3n) is 3.31. The van der Waals surface area contributed by atoms with Crippen LogP contribution in [0.4, 0.5) is 4.79 Å². The highest BCUT2D eigenvalue weighted by Gasteiger charge is 2.36. The molecule has 0 saturated carbocycles. The van der Waals surface area contributed by atoms with Crippen LogP contribution in [0.5, 0.6) is 0 Å². The Kier molecular flexibility index (Phi) is 4.50. The van der Waals surface area contributed by atoms with E-state index in [9.17, 15) is 9.59 Å². The number of aromatic nitrogens is 2. The Morgan fingerprint density at radius 2 is 1.95 bits per heavy atom. The Morgan fingerprint density at radius 1 is 1.29 bits per heavy atom. The number of H-pyrrole nitrogens is 1. The van der Waals surface area contributed by atoms with Gasteiger partial charge in [0, 0.05) is 18.5 Å². The summed E-state index contributed by atoms with van der Waals surface area (Å²) in [5, 5.41) is 5.72. The fourth-order valence-electron chi connectivity index (χ4n) is 2.39. The lowest BCUT2D eigenvalue weighted by Gasteiger charge is -2.35. The topological polar surface area (TPSA) is 90.1 Å². The Morgan fingerprint density at radius 3 is 2.57 bits per heavy atom. The second-order valence-electron chi connectivity index (χ2n) is 5.94. The maximum atomic E-state index is 12.4. The Bertz CT molecular complexity index is 479. The van der Waals surface area contributed by atoms with Gasteiger partial charge in [0.25, 0.3) is 0 Å². The van der Waals surface area contributed by atoms with Crippen LogP contribution in [0.1, 0.15) is 39.1 Å². The lowest BCUT2D eigenvalue weighted by atomic mass is 10.0. The summed E-state index contributed by atoms with van der Waals surface area (Å²) in [4.78, 5) is 33.5. The molecule has 0 aliphatic carbocycles. The fraction of sp³-hybridized carbons (Fsp3) is 0.643. The molecule has 0 spiro atoms. The van der Waals surface area contributed by atoms with Crippen molar-refractivity contribution in [2.24, 2.45) is 0 Å². The highest BCUT2D eigenvalue weighted by atomic mass is 16.2. The second-order valence-corrected chi connectivity index (χ2v) is 5.94. The van der Waals surface area contributed by atoms with E-state index in [1.54, 1.807) is 11.2 Å². The van der Waals surface area contributed by atoms with E-state index in [-0.39, 0.29) is 24.0 Å². The van der Waals surface area contributed by atoms with Gasteiger partial charge in [0.2, 0.25) is 5.91 Å². The lowest BCUT2D eigenvalue weighted by molar-refractivity contribution is -0.126. The molecule has 1 aliphatic heterocycles. The van der Waals surface area contributed by atoms with Gasteiger partial charge >= 0.3 is 6.03 Å². The molecule has 2 heterocycles. The molecule has 2 rings (SSSR count). The van der Waals surface area contributed by atoms with E-state index in [1.165, 1.54) is 0 Å². The van der Waals surface area contributed by atoms with E-state index in [2.05, 4.69) is 20.6 Å². The van der Waals surface area contributed by atoms with Crippen molar-refractivity contribution < 1.29 is 9.59 Å². The zero-order valence-electron chi connectivity index (χ0n) is 12.9. The molecule has 1 aromatic heterocycles. The first kappa shape index (κ1) is 15.3. The number of nitrogens with one attached hydrogen (secondary N) is 3. The molecule has 0 fully saturated rings. The maximum absolute atomic E-state index is 12.4. The molecule has 1 aromatic rings. The second kappa shape index (κ2) is 6.15. The average molecular weight is 293 g/mol. The minimum absolute atomic E-state index is 0.0227. The van der Waals surface area contributed by atoms with Crippen molar-refractivity contribution in [3.63, 3.8) is 0 Å². The van der Waals surface area contributed by atoms with Crippen LogP contribution in [0, 0.1) is 0 Å². The predicted octanol–water partition coefficient (Wildman–Crippen LogP) is 0.779. The Labute approximate surface area is 124 Å². The van der Waals surface area contributed by atoms with Crippen molar-refractivity contribution in [2.75, 3.05) is 0 Å². The summed E-state index contributed by atoms with van der Waals surface area (Å²) in [6.45, 7) is 7.96. The SMILES string of the molecule is CC(C)NC(=O)[C@@H]1Cc2nc[nH]c2CN1C(=O)NC(C)C. The van der Waals surface area contributed by atoms with Crippen LogP contribution in [0.25, 0.3) is 0 Å². The minimum atomic E-state index is -0.526. The van der Waals surface area contributed by atoms with Crippen molar-refractivity contribution in [2.45, 2.75) is 58.8 Å². The van der Waals surface area contributed by atoms with Crippen LogP contribution < -0.4 is 10.6 Å². The van der Waals surface area contributed by atoms with Crippen molar-refractivity contribution in [3.05, 3.63) is 17.7 Å². The van der Waals surface area contributed by atoms with Crippen molar-refractivity contribution >= 4 is 11.9 Å². The van der Waals surface area contributed by atoms with E-state index in [1.807, 2.05) is 27.7 Å². The summed E-state index contributed by atoms with van der Waals surface area (Å²) < 4.78 is 0. The van der Waals surface area contributed by atoms with Gasteiger partial charge < -0.3 is 20.5 Å². The number of hydrogen-bond donors (Lipinski definition) is 3. The fourth-order valence-corrected chi connectivity index (χ4v) is 2.39. The van der Waals surface area contributed by atoms with Gasteiger partial charge in [-0.15, -0.1) is 0 Å². The van der Waals surface area contributed by atoms with Crippen LogP contribution in [0.15, 0.2) is 6.33 Å². The largest absolute Gasteiger partial charge is 0.352 e. The number of urea groups is 1. The van der Waals surface area contributed by atoms with E-state index < -0.39 is 6.04 Å². The monoisotopic (exact) mass is 293 g/mol. The molecule has 1 aliphatic rings. The van der Waals surface area contributed by atoms with E-state index >= 15 is 0 Å². The zero-order valence-corrected chi connectivity index (χ0v) is 12.9. The number of hydrogen-bond acceptors (Lipinski definition) is 3. The van der Waals surface area contributed by atoms with Gasteiger partial charge in [-0.2, -0.15) is 0 Å². The summed E-state index contributed by atoms with van der Waals surface area (Å²) in [7, 11) is 0. The van der Waals surface area contributed by atoms with Crippen LogP contribution >= 0.6 is 0 Å². The van der Waals surface area contributed by atoms with Gasteiger partial charge in [-0.1, -0.05) is 0 Å². The Hall–Kier alpha value is -2.05. The molecule has 3 amide bonds. The Balaban J connectivity index is 2.21.